The Morgan fingerprint density at radius 2 is 1.89 bits per heavy atom. The molecule has 4 aliphatic carbocycles. The minimum atomic E-state index is -1.000. The van der Waals surface area contributed by atoms with Gasteiger partial charge in [-0.25, -0.2) is 4.79 Å². The van der Waals surface area contributed by atoms with E-state index in [0.29, 0.717) is 18.4 Å². The number of aliphatic hydroxyl groups is 3. The molecule has 3 N–H and O–H groups in total. The van der Waals surface area contributed by atoms with Crippen LogP contribution in [0.5, 0.6) is 0 Å². The lowest BCUT2D eigenvalue weighted by atomic mass is 9.44. The smallest absolute Gasteiger partial charge is 0.336 e. The molecule has 0 aromatic carbocycles. The quantitative estimate of drug-likeness (QED) is 0.414. The minimum absolute atomic E-state index is 0.0568. The van der Waals surface area contributed by atoms with Gasteiger partial charge in [0.1, 0.15) is 17.8 Å². The Hall–Kier alpha value is -1.54. The summed E-state index contributed by atoms with van der Waals surface area (Å²) < 4.78 is 11.9. The topological polar surface area (TPSA) is 117 Å². The molecule has 6 rings (SSSR count). The molecule has 0 aromatic rings. The lowest BCUT2D eigenvalue weighted by Crippen LogP contribution is -2.65. The molecule has 0 radical (unpaired) electrons. The van der Waals surface area contributed by atoms with Crippen LogP contribution in [0, 0.1) is 34.5 Å². The van der Waals surface area contributed by atoms with E-state index in [1.165, 1.54) is 0 Å². The van der Waals surface area contributed by atoms with E-state index >= 15 is 0 Å². The SMILES string of the molecule is CC1=C(CO)C(=O)O[C@@H]([C@@H](C)[C@@]2(O)CC[C@H]3[C@H]4C[C@H]5O[C@]56[C@@H](O)C=CC(=O)[C@]6(C)[C@H]4CC[C@@]32C)C1. The number of ether oxygens (including phenoxy) is 2. The third kappa shape index (κ3) is 2.66. The van der Waals surface area contributed by atoms with Crippen molar-refractivity contribution in [3.05, 3.63) is 23.3 Å². The summed E-state index contributed by atoms with van der Waals surface area (Å²) in [7, 11) is 0. The lowest BCUT2D eigenvalue weighted by molar-refractivity contribution is -0.188. The second-order valence-electron chi connectivity index (χ2n) is 12.7. The summed E-state index contributed by atoms with van der Waals surface area (Å²) >= 11 is 0. The highest BCUT2D eigenvalue weighted by Gasteiger charge is 2.81. The predicted octanol–water partition coefficient (Wildman–Crippen LogP) is 2.47. The number of esters is 1. The standard InChI is InChI=1S/C28H38O7/c1-14-11-20(34-24(32)17(14)13-29)15(2)27(33)10-8-18-16-12-23-28(35-23)22(31)6-5-21(30)26(28,4)19(16)7-9-25(18,27)3/h5-6,15-16,18-20,22-23,29,31,33H,7-13H2,1-4H3/t15-,16-,18+,19+,20-,22+,23-,25+,26+,27+,28-/m1/s1. The second kappa shape index (κ2) is 7.27. The van der Waals surface area contributed by atoms with Crippen molar-refractivity contribution in [3.63, 3.8) is 0 Å². The van der Waals surface area contributed by atoms with Gasteiger partial charge in [-0.15, -0.1) is 0 Å². The number of carbonyl (C=O) groups excluding carboxylic acids is 2. The molecule has 6 aliphatic rings. The summed E-state index contributed by atoms with van der Waals surface area (Å²) in [6.07, 6.45) is 6.22. The van der Waals surface area contributed by atoms with Crippen molar-refractivity contribution >= 4 is 11.8 Å². The van der Waals surface area contributed by atoms with E-state index in [2.05, 4.69) is 6.92 Å². The Morgan fingerprint density at radius 1 is 1.17 bits per heavy atom. The van der Waals surface area contributed by atoms with Crippen LogP contribution in [-0.4, -0.2) is 63.2 Å². The minimum Gasteiger partial charge on any atom is -0.458 e. The fourth-order valence-electron chi connectivity index (χ4n) is 9.62. The lowest BCUT2D eigenvalue weighted by Gasteiger charge is -2.59. The molecule has 0 amide bonds. The van der Waals surface area contributed by atoms with Crippen LogP contribution >= 0.6 is 0 Å². The van der Waals surface area contributed by atoms with Crippen LogP contribution in [0.15, 0.2) is 23.3 Å². The Morgan fingerprint density at radius 3 is 2.57 bits per heavy atom. The molecule has 4 fully saturated rings. The van der Waals surface area contributed by atoms with E-state index in [1.807, 2.05) is 20.8 Å². The average Bonchev–Trinajstić information content (AvgIpc) is 3.49. The van der Waals surface area contributed by atoms with Gasteiger partial charge in [0.25, 0.3) is 0 Å². The highest BCUT2D eigenvalue weighted by molar-refractivity contribution is 5.98. The van der Waals surface area contributed by atoms with Crippen LogP contribution < -0.4 is 0 Å². The molecule has 0 aromatic heterocycles. The Balaban J connectivity index is 1.31. The first-order valence-electron chi connectivity index (χ1n) is 13.3. The number of cyclic esters (lactones) is 1. The van der Waals surface area contributed by atoms with E-state index in [-0.39, 0.29) is 47.6 Å². The fraction of sp³-hybridized carbons (Fsp3) is 0.786. The summed E-state index contributed by atoms with van der Waals surface area (Å²) in [6.45, 7) is 7.72. The number of allylic oxidation sites excluding steroid dienone is 1. The van der Waals surface area contributed by atoms with Crippen molar-refractivity contribution in [1.29, 1.82) is 0 Å². The number of rotatable bonds is 3. The monoisotopic (exact) mass is 486 g/mol. The molecule has 192 valence electrons. The number of fused-ring (bicyclic) bond motifs is 4. The maximum Gasteiger partial charge on any atom is 0.336 e. The summed E-state index contributed by atoms with van der Waals surface area (Å²) in [5.41, 5.74) is -1.75. The molecule has 7 nitrogen and oxygen atoms in total. The molecule has 35 heavy (non-hydrogen) atoms. The zero-order valence-electron chi connectivity index (χ0n) is 21.1. The average molecular weight is 487 g/mol. The molecule has 11 atom stereocenters. The molecule has 2 heterocycles. The Labute approximate surface area is 206 Å². The van der Waals surface area contributed by atoms with Crippen molar-refractivity contribution in [2.24, 2.45) is 34.5 Å². The summed E-state index contributed by atoms with van der Waals surface area (Å²) in [6, 6.07) is 0. The van der Waals surface area contributed by atoms with Gasteiger partial charge in [0.15, 0.2) is 5.78 Å². The molecule has 1 saturated heterocycles. The molecule has 3 saturated carbocycles. The summed E-state index contributed by atoms with van der Waals surface area (Å²) in [5, 5.41) is 32.7. The molecule has 2 aliphatic heterocycles. The van der Waals surface area contributed by atoms with Gasteiger partial charge in [0, 0.05) is 12.3 Å². The third-order valence-electron chi connectivity index (χ3n) is 11.8. The van der Waals surface area contributed by atoms with E-state index in [1.54, 1.807) is 12.2 Å². The first-order valence-corrected chi connectivity index (χ1v) is 13.3. The van der Waals surface area contributed by atoms with E-state index < -0.39 is 34.8 Å². The predicted molar refractivity (Wildman–Crippen MR) is 126 cm³/mol. The van der Waals surface area contributed by atoms with Crippen molar-refractivity contribution in [3.8, 4) is 0 Å². The van der Waals surface area contributed by atoms with Gasteiger partial charge in [-0.1, -0.05) is 19.4 Å². The van der Waals surface area contributed by atoms with E-state index in [4.69, 9.17) is 9.47 Å². The van der Waals surface area contributed by atoms with Gasteiger partial charge in [0.05, 0.1) is 29.3 Å². The Bertz CT molecular complexity index is 1050. The molecule has 1 spiro atoms. The highest BCUT2D eigenvalue weighted by Crippen LogP contribution is 2.73. The zero-order valence-corrected chi connectivity index (χ0v) is 21.1. The van der Waals surface area contributed by atoms with E-state index in [9.17, 15) is 24.9 Å². The molecule has 0 bridgehead atoms. The van der Waals surface area contributed by atoms with Crippen LogP contribution in [0.25, 0.3) is 0 Å². The molecular formula is C28H38O7. The zero-order chi connectivity index (χ0) is 25.1. The van der Waals surface area contributed by atoms with Gasteiger partial charge in [-0.2, -0.15) is 0 Å². The molecule has 0 unspecified atom stereocenters. The third-order valence-corrected chi connectivity index (χ3v) is 11.8. The van der Waals surface area contributed by atoms with Crippen LogP contribution in [0.1, 0.15) is 66.2 Å². The van der Waals surface area contributed by atoms with Crippen LogP contribution in [-0.2, 0) is 19.1 Å². The number of hydrogen-bond acceptors (Lipinski definition) is 7. The normalized spacial score (nSPS) is 53.3. The van der Waals surface area contributed by atoms with E-state index in [0.717, 1.165) is 31.3 Å². The van der Waals surface area contributed by atoms with Crippen LogP contribution in [0.2, 0.25) is 0 Å². The van der Waals surface area contributed by atoms with Crippen LogP contribution in [0.3, 0.4) is 0 Å². The number of carbonyl (C=O) groups is 2. The molecular weight excluding hydrogens is 448 g/mol. The number of aliphatic hydroxyl groups excluding tert-OH is 2. The Kier molecular flexibility index (Phi) is 4.95. The first kappa shape index (κ1) is 23.8. The van der Waals surface area contributed by atoms with Crippen molar-refractivity contribution in [2.75, 3.05) is 6.61 Å². The summed E-state index contributed by atoms with van der Waals surface area (Å²) in [5.74, 6) is -0.114. The maximum atomic E-state index is 13.3. The fourth-order valence-corrected chi connectivity index (χ4v) is 9.62. The highest BCUT2D eigenvalue weighted by atomic mass is 16.6. The largest absolute Gasteiger partial charge is 0.458 e. The van der Waals surface area contributed by atoms with Crippen LogP contribution in [0.4, 0.5) is 0 Å². The maximum absolute atomic E-state index is 13.3. The first-order chi connectivity index (χ1) is 16.5. The van der Waals surface area contributed by atoms with Crippen molar-refractivity contribution < 1.29 is 34.4 Å². The molecule has 7 heteroatoms. The van der Waals surface area contributed by atoms with Gasteiger partial charge < -0.3 is 24.8 Å². The van der Waals surface area contributed by atoms with Gasteiger partial charge in [-0.05, 0) is 81.3 Å². The second-order valence-corrected chi connectivity index (χ2v) is 12.7. The van der Waals surface area contributed by atoms with Crippen molar-refractivity contribution in [1.82, 2.24) is 0 Å². The number of hydrogen-bond donors (Lipinski definition) is 3. The van der Waals surface area contributed by atoms with Gasteiger partial charge in [-0.3, -0.25) is 4.79 Å². The van der Waals surface area contributed by atoms with Crippen molar-refractivity contribution in [2.45, 2.75) is 95.7 Å². The summed E-state index contributed by atoms with van der Waals surface area (Å²) in [4.78, 5) is 25.8. The number of epoxide rings is 1. The number of ketones is 1. The van der Waals surface area contributed by atoms with Gasteiger partial charge >= 0.3 is 5.97 Å². The van der Waals surface area contributed by atoms with Gasteiger partial charge in [0.2, 0.25) is 0 Å².